The second kappa shape index (κ2) is 7.27. The summed E-state index contributed by atoms with van der Waals surface area (Å²) >= 11 is 0. The molecule has 6 aromatic carbocycles. The number of para-hydroxylation sites is 1. The fraction of sp³-hybridized carbons (Fsp3) is 0.0833. The molecule has 0 spiro atoms. The van der Waals surface area contributed by atoms with Crippen molar-refractivity contribution in [3.63, 3.8) is 0 Å². The Bertz CT molecular complexity index is 2030. The maximum absolute atomic E-state index is 4.99. The van der Waals surface area contributed by atoms with Crippen LogP contribution in [0.3, 0.4) is 0 Å². The summed E-state index contributed by atoms with van der Waals surface area (Å²) in [7, 11) is 0. The molecule has 8 rings (SSSR count). The van der Waals surface area contributed by atoms with E-state index in [1.54, 1.807) is 0 Å². The highest BCUT2D eigenvalue weighted by Gasteiger charge is 2.37. The summed E-state index contributed by atoms with van der Waals surface area (Å²) in [6.45, 7) is 4.73. The van der Waals surface area contributed by atoms with Crippen LogP contribution in [-0.4, -0.2) is 4.98 Å². The number of hydrogen-bond donors (Lipinski definition) is 0. The highest BCUT2D eigenvalue weighted by Crippen LogP contribution is 2.54. The van der Waals surface area contributed by atoms with Crippen LogP contribution in [0.2, 0.25) is 0 Å². The summed E-state index contributed by atoms with van der Waals surface area (Å²) in [4.78, 5) is 4.99. The molecule has 0 bridgehead atoms. The van der Waals surface area contributed by atoms with Gasteiger partial charge in [-0.05, 0) is 72.8 Å². The van der Waals surface area contributed by atoms with Crippen LogP contribution < -0.4 is 0 Å². The second-order valence-corrected chi connectivity index (χ2v) is 10.8. The van der Waals surface area contributed by atoms with Crippen molar-refractivity contribution in [2.75, 3.05) is 0 Å². The molecule has 1 nitrogen and oxygen atoms in total. The number of benzene rings is 6. The van der Waals surface area contributed by atoms with Crippen LogP contribution in [0.25, 0.3) is 65.6 Å². The molecular formula is C36H25N. The van der Waals surface area contributed by atoms with Crippen molar-refractivity contribution >= 4 is 43.2 Å². The smallest absolute Gasteiger partial charge is 0.0709 e. The van der Waals surface area contributed by atoms with Crippen LogP contribution in [0.4, 0.5) is 0 Å². The molecule has 1 heteroatoms. The molecule has 174 valence electrons. The molecule has 0 unspecified atom stereocenters. The number of rotatable bonds is 1. The summed E-state index contributed by atoms with van der Waals surface area (Å²) in [5, 5.41) is 9.17. The topological polar surface area (TPSA) is 12.9 Å². The van der Waals surface area contributed by atoms with E-state index in [2.05, 4.69) is 129 Å². The molecule has 0 saturated carbocycles. The van der Waals surface area contributed by atoms with Crippen LogP contribution in [0.5, 0.6) is 0 Å². The van der Waals surface area contributed by atoms with Gasteiger partial charge in [-0.1, -0.05) is 111 Å². The van der Waals surface area contributed by atoms with Crippen LogP contribution >= 0.6 is 0 Å². The SMILES string of the molecule is CC1(C)c2cc(-c3ccc4ccccc4n3)ccc2-c2c1ccc1c3ccccc3c3ccccc3c21. The first-order valence-electron chi connectivity index (χ1n) is 13.0. The van der Waals surface area contributed by atoms with E-state index >= 15 is 0 Å². The molecule has 0 N–H and O–H groups in total. The van der Waals surface area contributed by atoms with E-state index in [9.17, 15) is 0 Å². The van der Waals surface area contributed by atoms with Crippen molar-refractivity contribution in [1.82, 2.24) is 4.98 Å². The molecule has 0 saturated heterocycles. The average molecular weight is 472 g/mol. The Balaban J connectivity index is 1.44. The maximum atomic E-state index is 4.99. The van der Waals surface area contributed by atoms with E-state index in [0.29, 0.717) is 0 Å². The largest absolute Gasteiger partial charge is 0.248 e. The zero-order valence-corrected chi connectivity index (χ0v) is 20.9. The third-order valence-electron chi connectivity index (χ3n) is 8.44. The lowest BCUT2D eigenvalue weighted by Gasteiger charge is -2.22. The number of fused-ring (bicyclic) bond motifs is 11. The normalized spacial score (nSPS) is 13.9. The summed E-state index contributed by atoms with van der Waals surface area (Å²) in [5.41, 5.74) is 8.64. The van der Waals surface area contributed by atoms with Gasteiger partial charge in [0.25, 0.3) is 0 Å². The van der Waals surface area contributed by atoms with Gasteiger partial charge in [-0.15, -0.1) is 0 Å². The standard InChI is InChI=1S/C36H25N/c1-36(2)30-19-18-28-26-12-5-4-10-24(26)25-11-6-7-13-27(25)34(28)35(30)29-17-15-23(21-31(29)36)33-20-16-22-9-3-8-14-32(22)37-33/h3-21H,1-2H3. The zero-order valence-electron chi connectivity index (χ0n) is 20.9. The first-order chi connectivity index (χ1) is 18.1. The van der Waals surface area contributed by atoms with Crippen molar-refractivity contribution < 1.29 is 0 Å². The predicted octanol–water partition coefficient (Wildman–Crippen LogP) is 9.67. The van der Waals surface area contributed by atoms with Gasteiger partial charge in [0, 0.05) is 16.4 Å². The third kappa shape index (κ3) is 2.77. The van der Waals surface area contributed by atoms with Gasteiger partial charge in [-0.2, -0.15) is 0 Å². The quantitative estimate of drug-likeness (QED) is 0.217. The molecule has 37 heavy (non-hydrogen) atoms. The van der Waals surface area contributed by atoms with Gasteiger partial charge < -0.3 is 0 Å². The van der Waals surface area contributed by atoms with Crippen molar-refractivity contribution in [2.45, 2.75) is 19.3 Å². The summed E-state index contributed by atoms with van der Waals surface area (Å²) in [6, 6.07) is 42.1. The molecule has 0 atom stereocenters. The molecule has 7 aromatic rings. The van der Waals surface area contributed by atoms with Gasteiger partial charge in [0.05, 0.1) is 11.2 Å². The Morgan fingerprint density at radius 1 is 0.541 bits per heavy atom. The summed E-state index contributed by atoms with van der Waals surface area (Å²) < 4.78 is 0. The van der Waals surface area contributed by atoms with Gasteiger partial charge in [0.2, 0.25) is 0 Å². The van der Waals surface area contributed by atoms with Gasteiger partial charge in [0.1, 0.15) is 0 Å². The van der Waals surface area contributed by atoms with E-state index in [-0.39, 0.29) is 5.41 Å². The third-order valence-corrected chi connectivity index (χ3v) is 8.44. The predicted molar refractivity (Wildman–Crippen MR) is 157 cm³/mol. The van der Waals surface area contributed by atoms with E-state index < -0.39 is 0 Å². The lowest BCUT2D eigenvalue weighted by Crippen LogP contribution is -2.15. The van der Waals surface area contributed by atoms with Crippen molar-refractivity contribution in [1.29, 1.82) is 0 Å². The highest BCUT2D eigenvalue weighted by atomic mass is 14.7. The lowest BCUT2D eigenvalue weighted by atomic mass is 9.81. The maximum Gasteiger partial charge on any atom is 0.0709 e. The van der Waals surface area contributed by atoms with E-state index in [4.69, 9.17) is 4.98 Å². The van der Waals surface area contributed by atoms with Crippen LogP contribution in [-0.2, 0) is 5.41 Å². The Kier molecular flexibility index (Phi) is 4.06. The van der Waals surface area contributed by atoms with Crippen molar-refractivity contribution in [2.24, 2.45) is 0 Å². The van der Waals surface area contributed by atoms with Crippen LogP contribution in [0.15, 0.2) is 115 Å². The minimum absolute atomic E-state index is 0.0987. The van der Waals surface area contributed by atoms with Crippen molar-refractivity contribution in [3.8, 4) is 22.4 Å². The van der Waals surface area contributed by atoms with Gasteiger partial charge in [-0.3, -0.25) is 0 Å². The Labute approximate surface area is 216 Å². The molecule has 0 amide bonds. The molecule has 1 heterocycles. The minimum atomic E-state index is -0.0987. The summed E-state index contributed by atoms with van der Waals surface area (Å²) in [5.74, 6) is 0. The van der Waals surface area contributed by atoms with E-state index in [1.807, 2.05) is 0 Å². The number of pyridine rings is 1. The Morgan fingerprint density at radius 3 is 1.97 bits per heavy atom. The Morgan fingerprint density at radius 2 is 1.19 bits per heavy atom. The van der Waals surface area contributed by atoms with E-state index in [1.165, 1.54) is 65.5 Å². The lowest BCUT2D eigenvalue weighted by molar-refractivity contribution is 0.661. The van der Waals surface area contributed by atoms with Gasteiger partial charge in [-0.25, -0.2) is 4.98 Å². The van der Waals surface area contributed by atoms with Crippen LogP contribution in [0.1, 0.15) is 25.0 Å². The molecule has 0 radical (unpaired) electrons. The Hall–Kier alpha value is -4.49. The molecular weight excluding hydrogens is 446 g/mol. The zero-order chi connectivity index (χ0) is 24.7. The van der Waals surface area contributed by atoms with Gasteiger partial charge >= 0.3 is 0 Å². The average Bonchev–Trinajstić information content (AvgIpc) is 3.18. The molecule has 1 aliphatic rings. The number of aromatic nitrogens is 1. The van der Waals surface area contributed by atoms with Gasteiger partial charge in [0.15, 0.2) is 0 Å². The highest BCUT2D eigenvalue weighted by molar-refractivity contribution is 6.29. The summed E-state index contributed by atoms with van der Waals surface area (Å²) in [6.07, 6.45) is 0. The first kappa shape index (κ1) is 20.7. The fourth-order valence-electron chi connectivity index (χ4n) is 6.61. The fourth-order valence-corrected chi connectivity index (χ4v) is 6.61. The second-order valence-electron chi connectivity index (χ2n) is 10.8. The molecule has 1 aromatic heterocycles. The minimum Gasteiger partial charge on any atom is -0.248 e. The monoisotopic (exact) mass is 471 g/mol. The molecule has 0 fully saturated rings. The molecule has 0 aliphatic heterocycles. The van der Waals surface area contributed by atoms with Crippen LogP contribution in [0, 0.1) is 0 Å². The number of hydrogen-bond acceptors (Lipinski definition) is 1. The number of nitrogens with zero attached hydrogens (tertiary/aromatic N) is 1. The molecule has 1 aliphatic carbocycles. The first-order valence-corrected chi connectivity index (χ1v) is 13.0. The van der Waals surface area contributed by atoms with E-state index in [0.717, 1.165) is 11.2 Å². The van der Waals surface area contributed by atoms with Crippen molar-refractivity contribution in [3.05, 3.63) is 126 Å².